The molecule has 1 aliphatic rings. The minimum atomic E-state index is -0.506. The maximum absolute atomic E-state index is 13.8. The van der Waals surface area contributed by atoms with Gasteiger partial charge in [0.15, 0.2) is 5.65 Å². The molecule has 2 heterocycles. The van der Waals surface area contributed by atoms with Crippen LogP contribution < -0.4 is 5.32 Å². The lowest BCUT2D eigenvalue weighted by atomic mass is 10.1. The van der Waals surface area contributed by atoms with Gasteiger partial charge in [-0.05, 0) is 56.9 Å². The molecule has 1 saturated carbocycles. The molecule has 3 aromatic rings. The predicted octanol–water partition coefficient (Wildman–Crippen LogP) is 3.24. The molecule has 0 spiro atoms. The van der Waals surface area contributed by atoms with Gasteiger partial charge in [-0.2, -0.15) is 10.4 Å². The zero-order valence-electron chi connectivity index (χ0n) is 15.0. The molecule has 1 N–H and O–H groups in total. The second-order valence-electron chi connectivity index (χ2n) is 7.02. The van der Waals surface area contributed by atoms with Crippen molar-refractivity contribution < 1.29 is 9.18 Å². The van der Waals surface area contributed by atoms with Gasteiger partial charge in [-0.3, -0.25) is 4.79 Å². The number of amides is 1. The molecule has 0 radical (unpaired) electrons. The van der Waals surface area contributed by atoms with Crippen molar-refractivity contribution in [2.45, 2.75) is 32.7 Å². The maximum Gasteiger partial charge on any atom is 0.256 e. The van der Waals surface area contributed by atoms with Gasteiger partial charge in [0.25, 0.3) is 5.91 Å². The molecule has 0 aliphatic heterocycles. The first kappa shape index (κ1) is 17.2. The van der Waals surface area contributed by atoms with Crippen molar-refractivity contribution >= 4 is 11.6 Å². The molecule has 1 aromatic carbocycles. The van der Waals surface area contributed by atoms with Gasteiger partial charge >= 0.3 is 0 Å². The number of nitrogens with one attached hydrogen (secondary N) is 1. The van der Waals surface area contributed by atoms with Crippen LogP contribution in [0.2, 0.25) is 0 Å². The van der Waals surface area contributed by atoms with E-state index >= 15 is 0 Å². The first-order valence-electron chi connectivity index (χ1n) is 8.83. The Labute approximate surface area is 155 Å². The second-order valence-corrected chi connectivity index (χ2v) is 7.02. The molecule has 0 unspecified atom stereocenters. The van der Waals surface area contributed by atoms with Crippen LogP contribution in [0.5, 0.6) is 0 Å². The third kappa shape index (κ3) is 3.26. The summed E-state index contributed by atoms with van der Waals surface area (Å²) in [5.41, 5.74) is 2.73. The molecular formula is C20H18FN5O. The van der Waals surface area contributed by atoms with E-state index < -0.39 is 5.82 Å². The van der Waals surface area contributed by atoms with Gasteiger partial charge in [0.1, 0.15) is 11.4 Å². The number of hydrogen-bond acceptors (Lipinski definition) is 4. The fourth-order valence-corrected chi connectivity index (χ4v) is 3.22. The summed E-state index contributed by atoms with van der Waals surface area (Å²) in [4.78, 5) is 17.2. The number of hydrogen-bond donors (Lipinski definition) is 1. The van der Waals surface area contributed by atoms with Crippen molar-refractivity contribution in [1.82, 2.24) is 19.9 Å². The Morgan fingerprint density at radius 2 is 2.15 bits per heavy atom. The Hall–Kier alpha value is -3.27. The number of carbonyl (C=O) groups is 1. The summed E-state index contributed by atoms with van der Waals surface area (Å²) in [5.74, 6) is -0.184. The highest BCUT2D eigenvalue weighted by Gasteiger charge is 2.30. The molecule has 6 nitrogen and oxygen atoms in total. The number of benzene rings is 1. The third-order valence-corrected chi connectivity index (χ3v) is 4.91. The van der Waals surface area contributed by atoms with Crippen molar-refractivity contribution in [3.8, 4) is 17.3 Å². The summed E-state index contributed by atoms with van der Waals surface area (Å²) >= 11 is 0. The molecule has 1 atom stereocenters. The number of aromatic nitrogens is 3. The van der Waals surface area contributed by atoms with E-state index in [1.54, 1.807) is 16.6 Å². The normalized spacial score (nSPS) is 14.7. The average Bonchev–Trinajstić information content (AvgIpc) is 3.40. The topological polar surface area (TPSA) is 83.1 Å². The Kier molecular flexibility index (Phi) is 4.11. The van der Waals surface area contributed by atoms with Crippen LogP contribution >= 0.6 is 0 Å². The summed E-state index contributed by atoms with van der Waals surface area (Å²) in [5, 5.41) is 16.3. The summed E-state index contributed by atoms with van der Waals surface area (Å²) in [6, 6.07) is 7.88. The summed E-state index contributed by atoms with van der Waals surface area (Å²) in [6.07, 6.45) is 3.78. The van der Waals surface area contributed by atoms with Gasteiger partial charge in [-0.1, -0.05) is 0 Å². The molecule has 4 rings (SSSR count). The molecule has 7 heteroatoms. The van der Waals surface area contributed by atoms with E-state index in [-0.39, 0.29) is 17.5 Å². The highest BCUT2D eigenvalue weighted by molar-refractivity contribution is 6.00. The number of nitriles is 1. The Balaban J connectivity index is 1.77. The van der Waals surface area contributed by atoms with E-state index in [4.69, 9.17) is 5.26 Å². The number of rotatable bonds is 4. The zero-order valence-corrected chi connectivity index (χ0v) is 15.0. The highest BCUT2D eigenvalue weighted by Crippen LogP contribution is 2.32. The van der Waals surface area contributed by atoms with E-state index in [2.05, 4.69) is 15.4 Å². The zero-order chi connectivity index (χ0) is 19.1. The molecule has 136 valence electrons. The molecule has 1 fully saturated rings. The molecule has 0 bridgehead atoms. The lowest BCUT2D eigenvalue weighted by Gasteiger charge is -2.12. The van der Waals surface area contributed by atoms with Crippen LogP contribution in [0.3, 0.4) is 0 Å². The van der Waals surface area contributed by atoms with Crippen LogP contribution in [0.4, 0.5) is 4.39 Å². The van der Waals surface area contributed by atoms with Gasteiger partial charge in [-0.25, -0.2) is 13.9 Å². The summed E-state index contributed by atoms with van der Waals surface area (Å²) < 4.78 is 15.4. The predicted molar refractivity (Wildman–Crippen MR) is 97.5 cm³/mol. The second kappa shape index (κ2) is 6.47. The van der Waals surface area contributed by atoms with Crippen molar-refractivity contribution in [2.75, 3.05) is 0 Å². The summed E-state index contributed by atoms with van der Waals surface area (Å²) in [7, 11) is 0. The molecule has 1 amide bonds. The van der Waals surface area contributed by atoms with Gasteiger partial charge < -0.3 is 5.32 Å². The van der Waals surface area contributed by atoms with E-state index in [0.717, 1.165) is 18.5 Å². The Bertz CT molecular complexity index is 1090. The molecular weight excluding hydrogens is 345 g/mol. The highest BCUT2D eigenvalue weighted by atomic mass is 19.1. The summed E-state index contributed by atoms with van der Waals surface area (Å²) in [6.45, 7) is 3.84. The fourth-order valence-electron chi connectivity index (χ4n) is 3.22. The Morgan fingerprint density at radius 3 is 2.85 bits per heavy atom. The first-order valence-corrected chi connectivity index (χ1v) is 8.83. The van der Waals surface area contributed by atoms with Crippen LogP contribution in [0.25, 0.3) is 16.9 Å². The smallest absolute Gasteiger partial charge is 0.256 e. The number of nitrogens with zero attached hydrogens (tertiary/aromatic N) is 4. The van der Waals surface area contributed by atoms with Crippen LogP contribution in [0, 0.1) is 30.0 Å². The van der Waals surface area contributed by atoms with Crippen LogP contribution in [0.15, 0.2) is 30.5 Å². The number of fused-ring (bicyclic) bond motifs is 1. The van der Waals surface area contributed by atoms with Crippen molar-refractivity contribution in [3.05, 3.63) is 53.1 Å². The van der Waals surface area contributed by atoms with E-state index in [9.17, 15) is 9.18 Å². The van der Waals surface area contributed by atoms with Crippen molar-refractivity contribution in [3.63, 3.8) is 0 Å². The molecule has 27 heavy (non-hydrogen) atoms. The van der Waals surface area contributed by atoms with Gasteiger partial charge in [0, 0.05) is 17.3 Å². The van der Waals surface area contributed by atoms with Gasteiger partial charge in [0.2, 0.25) is 0 Å². The lowest BCUT2D eigenvalue weighted by Crippen LogP contribution is -2.34. The minimum absolute atomic E-state index is 0.109. The quantitative estimate of drug-likeness (QED) is 0.771. The van der Waals surface area contributed by atoms with E-state index in [1.807, 2.05) is 19.9 Å². The number of carbonyl (C=O) groups excluding carboxylic acids is 1. The number of aryl methyl sites for hydroxylation is 1. The van der Waals surface area contributed by atoms with Crippen LogP contribution in [-0.4, -0.2) is 26.5 Å². The van der Waals surface area contributed by atoms with E-state index in [0.29, 0.717) is 28.4 Å². The fraction of sp³-hybridized carbons (Fsp3) is 0.300. The number of halogens is 1. The maximum atomic E-state index is 13.8. The molecule has 1 aliphatic carbocycles. The van der Waals surface area contributed by atoms with Crippen LogP contribution in [0.1, 0.15) is 41.4 Å². The SMILES string of the molecule is Cc1cc(-c2cc(F)cc(C#N)c2)nc2c(C(=O)N[C@@H](C)C3CC3)cnn12. The van der Waals surface area contributed by atoms with Crippen molar-refractivity contribution in [1.29, 1.82) is 5.26 Å². The van der Waals surface area contributed by atoms with E-state index in [1.165, 1.54) is 18.3 Å². The molecule has 2 aromatic heterocycles. The lowest BCUT2D eigenvalue weighted by molar-refractivity contribution is 0.0937. The minimum Gasteiger partial charge on any atom is -0.349 e. The first-order chi connectivity index (χ1) is 13.0. The average molecular weight is 363 g/mol. The molecule has 0 saturated heterocycles. The van der Waals surface area contributed by atoms with Crippen LogP contribution in [-0.2, 0) is 0 Å². The third-order valence-electron chi connectivity index (χ3n) is 4.91. The Morgan fingerprint density at radius 1 is 1.37 bits per heavy atom. The largest absolute Gasteiger partial charge is 0.349 e. The van der Waals surface area contributed by atoms with Gasteiger partial charge in [0.05, 0.1) is 23.5 Å². The monoisotopic (exact) mass is 363 g/mol. The van der Waals surface area contributed by atoms with Crippen molar-refractivity contribution in [2.24, 2.45) is 5.92 Å². The standard InChI is InChI=1S/C20H18FN5O/c1-11-5-18(15-6-13(9-22)7-16(21)8-15)25-19-17(10-23-26(11)19)20(27)24-12(2)14-3-4-14/h5-8,10,12,14H,3-4H2,1-2H3,(H,24,27)/t12-/m0/s1. The van der Waals surface area contributed by atoms with Gasteiger partial charge in [-0.15, -0.1) is 0 Å².